The van der Waals surface area contributed by atoms with Gasteiger partial charge in [-0.3, -0.25) is 0 Å². The maximum atomic E-state index is 8.39. The smallest absolute Gasteiger partial charge is 0.128 e. The van der Waals surface area contributed by atoms with Crippen molar-refractivity contribution in [3.8, 4) is 6.07 Å². The lowest BCUT2D eigenvalue weighted by Gasteiger charge is -1.93. The molecule has 0 radical (unpaired) electrons. The fourth-order valence-electron chi connectivity index (χ4n) is 0.559. The molecular weight excluding hydrogens is 168 g/mol. The molecule has 1 rings (SSSR count). The normalized spacial score (nSPS) is 12.5. The van der Waals surface area contributed by atoms with Crippen LogP contribution in [0.4, 0.5) is 0 Å². The summed E-state index contributed by atoms with van der Waals surface area (Å²) in [4.78, 5) is 0.813. The van der Waals surface area contributed by atoms with E-state index in [1.165, 1.54) is 11.3 Å². The first-order chi connectivity index (χ1) is 4.74. The topological polar surface area (TPSA) is 49.8 Å². The molecule has 52 valence electrons. The van der Waals surface area contributed by atoms with Crippen LogP contribution in [0.2, 0.25) is 4.34 Å². The summed E-state index contributed by atoms with van der Waals surface area (Å²) in [5.41, 5.74) is 5.40. The zero-order chi connectivity index (χ0) is 7.56. The highest BCUT2D eigenvalue weighted by atomic mass is 35.5. The van der Waals surface area contributed by atoms with E-state index in [4.69, 9.17) is 22.6 Å². The number of thiophene rings is 1. The molecule has 0 saturated heterocycles. The predicted molar refractivity (Wildman–Crippen MR) is 41.9 cm³/mol. The molecule has 10 heavy (non-hydrogen) atoms. The van der Waals surface area contributed by atoms with Crippen molar-refractivity contribution in [1.29, 1.82) is 5.26 Å². The van der Waals surface area contributed by atoms with Gasteiger partial charge in [0.1, 0.15) is 6.04 Å². The first kappa shape index (κ1) is 7.55. The predicted octanol–water partition coefficient (Wildman–Crippen LogP) is 1.92. The monoisotopic (exact) mass is 172 g/mol. The van der Waals surface area contributed by atoms with Crippen LogP contribution in [0.3, 0.4) is 0 Å². The van der Waals surface area contributed by atoms with Crippen LogP contribution in [0.15, 0.2) is 12.1 Å². The van der Waals surface area contributed by atoms with Gasteiger partial charge in [0.05, 0.1) is 10.4 Å². The average molecular weight is 173 g/mol. The van der Waals surface area contributed by atoms with E-state index >= 15 is 0 Å². The van der Waals surface area contributed by atoms with Crippen LogP contribution >= 0.6 is 22.9 Å². The Morgan fingerprint density at radius 1 is 1.70 bits per heavy atom. The molecule has 0 aliphatic rings. The second-order valence-corrected chi connectivity index (χ2v) is 3.50. The molecule has 1 unspecified atom stereocenters. The first-order valence-electron chi connectivity index (χ1n) is 2.64. The molecule has 0 spiro atoms. The number of hydrogen-bond donors (Lipinski definition) is 1. The Labute approximate surface area is 67.8 Å². The largest absolute Gasteiger partial charge is 0.312 e. The van der Waals surface area contributed by atoms with E-state index in [1.807, 2.05) is 6.07 Å². The van der Waals surface area contributed by atoms with Crippen LogP contribution in [0, 0.1) is 11.3 Å². The Balaban J connectivity index is 2.87. The Morgan fingerprint density at radius 2 is 2.40 bits per heavy atom. The van der Waals surface area contributed by atoms with Crippen molar-refractivity contribution < 1.29 is 0 Å². The van der Waals surface area contributed by atoms with Gasteiger partial charge in [0.2, 0.25) is 0 Å². The third kappa shape index (κ3) is 1.48. The SMILES string of the molecule is N#CC(N)c1ccc(Cl)s1. The Kier molecular flexibility index (Phi) is 2.28. The molecule has 0 bridgehead atoms. The average Bonchev–Trinajstić information content (AvgIpc) is 2.34. The molecule has 4 heteroatoms. The Bertz CT molecular complexity index is 263. The van der Waals surface area contributed by atoms with Crippen molar-refractivity contribution in [2.24, 2.45) is 5.73 Å². The van der Waals surface area contributed by atoms with Gasteiger partial charge in [0.25, 0.3) is 0 Å². The molecule has 1 atom stereocenters. The molecule has 1 aromatic heterocycles. The van der Waals surface area contributed by atoms with Crippen molar-refractivity contribution in [1.82, 2.24) is 0 Å². The zero-order valence-electron chi connectivity index (χ0n) is 5.04. The lowest BCUT2D eigenvalue weighted by molar-refractivity contribution is 0.951. The van der Waals surface area contributed by atoms with Gasteiger partial charge < -0.3 is 5.73 Å². The summed E-state index contributed by atoms with van der Waals surface area (Å²) in [7, 11) is 0. The third-order valence-electron chi connectivity index (χ3n) is 1.04. The van der Waals surface area contributed by atoms with E-state index in [1.54, 1.807) is 12.1 Å². The summed E-state index contributed by atoms with van der Waals surface area (Å²) in [5, 5.41) is 8.39. The quantitative estimate of drug-likeness (QED) is 0.704. The Hall–Kier alpha value is -0.560. The summed E-state index contributed by atoms with van der Waals surface area (Å²) in [6, 6.07) is 4.89. The van der Waals surface area contributed by atoms with Crippen molar-refractivity contribution in [3.05, 3.63) is 21.3 Å². The number of rotatable bonds is 1. The van der Waals surface area contributed by atoms with Crippen LogP contribution in [0.5, 0.6) is 0 Å². The van der Waals surface area contributed by atoms with Gasteiger partial charge in [0, 0.05) is 4.88 Å². The molecule has 1 heterocycles. The van der Waals surface area contributed by atoms with Crippen molar-refractivity contribution in [3.63, 3.8) is 0 Å². The Morgan fingerprint density at radius 3 is 2.80 bits per heavy atom. The highest BCUT2D eigenvalue weighted by Gasteiger charge is 2.05. The number of nitrogens with two attached hydrogens (primary N) is 1. The minimum absolute atomic E-state index is 0.530. The van der Waals surface area contributed by atoms with Gasteiger partial charge >= 0.3 is 0 Å². The minimum atomic E-state index is -0.530. The summed E-state index contributed by atoms with van der Waals surface area (Å²) >= 11 is 6.95. The van der Waals surface area contributed by atoms with E-state index in [-0.39, 0.29) is 0 Å². The lowest BCUT2D eigenvalue weighted by atomic mass is 10.3. The van der Waals surface area contributed by atoms with Gasteiger partial charge in [-0.2, -0.15) is 5.26 Å². The second kappa shape index (κ2) is 3.02. The lowest BCUT2D eigenvalue weighted by Crippen LogP contribution is -2.04. The fraction of sp³-hybridized carbons (Fsp3) is 0.167. The number of hydrogen-bond acceptors (Lipinski definition) is 3. The maximum absolute atomic E-state index is 8.39. The molecule has 0 amide bonds. The highest BCUT2D eigenvalue weighted by molar-refractivity contribution is 7.16. The number of nitrogens with zero attached hydrogens (tertiary/aromatic N) is 1. The first-order valence-corrected chi connectivity index (χ1v) is 3.84. The summed E-state index contributed by atoms with van der Waals surface area (Å²) in [5.74, 6) is 0. The van der Waals surface area contributed by atoms with Gasteiger partial charge in [-0.25, -0.2) is 0 Å². The van der Waals surface area contributed by atoms with E-state index in [2.05, 4.69) is 0 Å². The summed E-state index contributed by atoms with van der Waals surface area (Å²) in [6.07, 6.45) is 0. The third-order valence-corrected chi connectivity index (χ3v) is 2.35. The van der Waals surface area contributed by atoms with Crippen molar-refractivity contribution >= 4 is 22.9 Å². The number of halogens is 1. The maximum Gasteiger partial charge on any atom is 0.128 e. The van der Waals surface area contributed by atoms with E-state index in [0.29, 0.717) is 4.34 Å². The molecule has 0 saturated carbocycles. The van der Waals surface area contributed by atoms with Gasteiger partial charge in [-0.05, 0) is 12.1 Å². The second-order valence-electron chi connectivity index (χ2n) is 1.75. The van der Waals surface area contributed by atoms with Gasteiger partial charge in [-0.15, -0.1) is 11.3 Å². The summed E-state index contributed by atoms with van der Waals surface area (Å²) in [6.45, 7) is 0. The van der Waals surface area contributed by atoms with Gasteiger partial charge in [-0.1, -0.05) is 11.6 Å². The van der Waals surface area contributed by atoms with Crippen LogP contribution in [0.25, 0.3) is 0 Å². The molecular formula is C6H5ClN2S. The minimum Gasteiger partial charge on any atom is -0.312 e. The molecule has 0 aliphatic carbocycles. The van der Waals surface area contributed by atoms with Crippen molar-refractivity contribution in [2.75, 3.05) is 0 Å². The van der Waals surface area contributed by atoms with Crippen LogP contribution in [-0.4, -0.2) is 0 Å². The molecule has 0 fully saturated rings. The number of nitriles is 1. The zero-order valence-corrected chi connectivity index (χ0v) is 6.62. The molecule has 1 aromatic rings. The van der Waals surface area contributed by atoms with E-state index < -0.39 is 6.04 Å². The molecule has 0 aromatic carbocycles. The van der Waals surface area contributed by atoms with Crippen molar-refractivity contribution in [2.45, 2.75) is 6.04 Å². The summed E-state index contributed by atoms with van der Waals surface area (Å²) < 4.78 is 0.667. The fourth-order valence-corrected chi connectivity index (χ4v) is 1.57. The highest BCUT2D eigenvalue weighted by Crippen LogP contribution is 2.24. The van der Waals surface area contributed by atoms with E-state index in [9.17, 15) is 0 Å². The van der Waals surface area contributed by atoms with Gasteiger partial charge in [0.15, 0.2) is 0 Å². The molecule has 0 aliphatic heterocycles. The van der Waals surface area contributed by atoms with Crippen LogP contribution < -0.4 is 5.73 Å². The standard InChI is InChI=1S/C6H5ClN2S/c7-6-2-1-5(10-6)4(9)3-8/h1-2,4H,9H2. The molecule has 2 N–H and O–H groups in total. The van der Waals surface area contributed by atoms with E-state index in [0.717, 1.165) is 4.88 Å². The van der Waals surface area contributed by atoms with Crippen LogP contribution in [-0.2, 0) is 0 Å². The van der Waals surface area contributed by atoms with Crippen LogP contribution in [0.1, 0.15) is 10.9 Å². The molecule has 2 nitrogen and oxygen atoms in total.